The van der Waals surface area contributed by atoms with Crippen LogP contribution in [-0.4, -0.2) is 67.3 Å². The molecular formula is C30H34N6O2. The largest absolute Gasteiger partial charge is 0.481 e. The summed E-state index contributed by atoms with van der Waals surface area (Å²) in [5, 5.41) is 0. The van der Waals surface area contributed by atoms with Crippen LogP contribution in [0, 0.1) is 6.92 Å². The summed E-state index contributed by atoms with van der Waals surface area (Å²) < 4.78 is 7.39. The van der Waals surface area contributed by atoms with Gasteiger partial charge in [0.1, 0.15) is 5.69 Å². The average Bonchev–Trinajstić information content (AvgIpc) is 3.31. The summed E-state index contributed by atoms with van der Waals surface area (Å²) in [6.07, 6.45) is 5.92. The summed E-state index contributed by atoms with van der Waals surface area (Å²) in [7, 11) is 1.58. The number of carbonyl (C=O) groups is 1. The molecule has 1 aromatic carbocycles. The minimum Gasteiger partial charge on any atom is -0.481 e. The molecule has 3 saturated heterocycles. The molecule has 0 N–H and O–H groups in total. The SMILES string of the molecule is COc1ccc(C)c(C(=O)N2CC3CCC2CN3Cc2c(-c3ccc(C(C)C)cc3)nc3ncccn23)n1. The lowest BCUT2D eigenvalue weighted by Gasteiger charge is -2.51. The van der Waals surface area contributed by atoms with Gasteiger partial charge < -0.3 is 9.64 Å². The highest BCUT2D eigenvalue weighted by Gasteiger charge is 2.42. The van der Waals surface area contributed by atoms with Gasteiger partial charge in [-0.3, -0.25) is 14.1 Å². The first-order valence-electron chi connectivity index (χ1n) is 13.4. The van der Waals surface area contributed by atoms with Crippen molar-refractivity contribution in [1.29, 1.82) is 0 Å². The van der Waals surface area contributed by atoms with Crippen molar-refractivity contribution >= 4 is 11.7 Å². The van der Waals surface area contributed by atoms with Crippen LogP contribution in [0.5, 0.6) is 5.88 Å². The molecule has 8 heteroatoms. The highest BCUT2D eigenvalue weighted by molar-refractivity contribution is 5.94. The Morgan fingerprint density at radius 2 is 1.84 bits per heavy atom. The number of fused-ring (bicyclic) bond motifs is 4. The summed E-state index contributed by atoms with van der Waals surface area (Å²) in [5.41, 5.74) is 5.90. The van der Waals surface area contributed by atoms with Gasteiger partial charge in [-0.05, 0) is 42.9 Å². The molecule has 8 nitrogen and oxygen atoms in total. The number of rotatable bonds is 6. The first-order chi connectivity index (χ1) is 18.4. The summed E-state index contributed by atoms with van der Waals surface area (Å²) in [4.78, 5) is 32.1. The Labute approximate surface area is 223 Å². The molecule has 6 heterocycles. The van der Waals surface area contributed by atoms with Gasteiger partial charge in [0.15, 0.2) is 0 Å². The highest BCUT2D eigenvalue weighted by atomic mass is 16.5. The molecule has 2 bridgehead atoms. The number of aryl methyl sites for hydroxylation is 1. The zero-order valence-corrected chi connectivity index (χ0v) is 22.5. The summed E-state index contributed by atoms with van der Waals surface area (Å²) in [6, 6.07) is 14.8. The Bertz CT molecular complexity index is 1480. The number of carbonyl (C=O) groups excluding carboxylic acids is 1. The normalized spacial score (nSPS) is 19.4. The van der Waals surface area contributed by atoms with Crippen molar-refractivity contribution in [2.75, 3.05) is 20.2 Å². The molecule has 3 aromatic heterocycles. The van der Waals surface area contributed by atoms with Gasteiger partial charge in [0.25, 0.3) is 5.91 Å². The van der Waals surface area contributed by atoms with Crippen LogP contribution < -0.4 is 4.74 Å². The maximum Gasteiger partial charge on any atom is 0.273 e. The quantitative estimate of drug-likeness (QED) is 0.374. The predicted molar refractivity (Wildman–Crippen MR) is 146 cm³/mol. The van der Waals surface area contributed by atoms with Crippen molar-refractivity contribution in [2.24, 2.45) is 0 Å². The molecule has 0 spiro atoms. The zero-order chi connectivity index (χ0) is 26.4. The van der Waals surface area contributed by atoms with Crippen LogP contribution in [0.15, 0.2) is 54.9 Å². The van der Waals surface area contributed by atoms with E-state index in [9.17, 15) is 4.79 Å². The fourth-order valence-corrected chi connectivity index (χ4v) is 5.87. The number of nitrogens with zero attached hydrogens (tertiary/aromatic N) is 6. The number of methoxy groups -OCH3 is 1. The van der Waals surface area contributed by atoms with E-state index in [4.69, 9.17) is 9.72 Å². The number of pyridine rings is 1. The third-order valence-corrected chi connectivity index (χ3v) is 8.09. The summed E-state index contributed by atoms with van der Waals surface area (Å²) in [6.45, 7) is 8.64. The lowest BCUT2D eigenvalue weighted by atomic mass is 9.90. The third-order valence-electron chi connectivity index (χ3n) is 8.09. The first-order valence-corrected chi connectivity index (χ1v) is 13.4. The third kappa shape index (κ3) is 4.32. The maximum absolute atomic E-state index is 13.6. The maximum atomic E-state index is 13.6. The summed E-state index contributed by atoms with van der Waals surface area (Å²) in [5.74, 6) is 1.67. The Morgan fingerprint density at radius 3 is 2.55 bits per heavy atom. The van der Waals surface area contributed by atoms with Crippen LogP contribution in [0.4, 0.5) is 0 Å². The van der Waals surface area contributed by atoms with Crippen LogP contribution >= 0.6 is 0 Å². The average molecular weight is 511 g/mol. The topological polar surface area (TPSA) is 75.9 Å². The van der Waals surface area contributed by atoms with E-state index in [1.807, 2.05) is 30.2 Å². The molecule has 1 amide bonds. The van der Waals surface area contributed by atoms with Crippen molar-refractivity contribution in [3.05, 3.63) is 77.4 Å². The van der Waals surface area contributed by atoms with E-state index in [2.05, 4.69) is 57.4 Å². The van der Waals surface area contributed by atoms with Crippen LogP contribution in [-0.2, 0) is 6.54 Å². The minimum absolute atomic E-state index is 0.000633. The molecule has 196 valence electrons. The van der Waals surface area contributed by atoms with E-state index in [0.717, 1.165) is 48.4 Å². The number of benzene rings is 1. The van der Waals surface area contributed by atoms with E-state index in [1.54, 1.807) is 19.4 Å². The number of hydrogen-bond donors (Lipinski definition) is 0. The standard InChI is InChI=1S/C30H34N6O2/c1-19(2)21-7-9-22(10-8-21)28-25(35-15-5-14-31-30(35)33-28)18-34-16-24-12-11-23(34)17-36(24)29(37)27-20(3)6-13-26(32-27)38-4/h5-10,13-15,19,23-24H,11-12,16-18H2,1-4H3. The van der Waals surface area contributed by atoms with E-state index >= 15 is 0 Å². The molecule has 2 atom stereocenters. The highest BCUT2D eigenvalue weighted by Crippen LogP contribution is 2.34. The smallest absolute Gasteiger partial charge is 0.273 e. The van der Waals surface area contributed by atoms with Crippen molar-refractivity contribution in [3.63, 3.8) is 0 Å². The lowest BCUT2D eigenvalue weighted by Crippen LogP contribution is -2.63. The number of aromatic nitrogens is 4. The van der Waals surface area contributed by atoms with Crippen molar-refractivity contribution < 1.29 is 9.53 Å². The molecule has 3 fully saturated rings. The number of piperidine rings is 2. The van der Waals surface area contributed by atoms with Crippen LogP contribution in [0.25, 0.3) is 17.0 Å². The number of piperazine rings is 1. The molecule has 3 aliphatic heterocycles. The van der Waals surface area contributed by atoms with Gasteiger partial charge in [-0.25, -0.2) is 15.0 Å². The van der Waals surface area contributed by atoms with Crippen molar-refractivity contribution in [2.45, 2.75) is 58.2 Å². The monoisotopic (exact) mass is 510 g/mol. The van der Waals surface area contributed by atoms with E-state index in [-0.39, 0.29) is 18.0 Å². The lowest BCUT2D eigenvalue weighted by molar-refractivity contribution is -0.0163. The second-order valence-corrected chi connectivity index (χ2v) is 10.8. The number of hydrogen-bond acceptors (Lipinski definition) is 6. The van der Waals surface area contributed by atoms with Crippen LogP contribution in [0.1, 0.15) is 59.9 Å². The Balaban J connectivity index is 1.27. The van der Waals surface area contributed by atoms with Crippen molar-refractivity contribution in [3.8, 4) is 17.1 Å². The number of ether oxygens (including phenoxy) is 1. The Hall–Kier alpha value is -3.78. The van der Waals surface area contributed by atoms with Gasteiger partial charge in [-0.2, -0.15) is 0 Å². The summed E-state index contributed by atoms with van der Waals surface area (Å²) >= 11 is 0. The van der Waals surface area contributed by atoms with Gasteiger partial charge in [-0.1, -0.05) is 44.2 Å². The Morgan fingerprint density at radius 1 is 1.05 bits per heavy atom. The number of imidazole rings is 1. The molecule has 0 saturated carbocycles. The molecule has 3 aliphatic rings. The van der Waals surface area contributed by atoms with E-state index in [0.29, 0.717) is 29.8 Å². The molecule has 38 heavy (non-hydrogen) atoms. The van der Waals surface area contributed by atoms with Gasteiger partial charge in [0.2, 0.25) is 11.7 Å². The van der Waals surface area contributed by atoms with E-state index < -0.39 is 0 Å². The Kier molecular flexibility index (Phi) is 6.35. The molecular weight excluding hydrogens is 476 g/mol. The fourth-order valence-electron chi connectivity index (χ4n) is 5.87. The van der Waals surface area contributed by atoms with Crippen molar-refractivity contribution in [1.82, 2.24) is 29.2 Å². The molecule has 0 aliphatic carbocycles. The molecule has 4 aromatic rings. The fraction of sp³-hybridized carbons (Fsp3) is 0.400. The molecule has 0 radical (unpaired) electrons. The van der Waals surface area contributed by atoms with Crippen LogP contribution in [0.2, 0.25) is 0 Å². The second-order valence-electron chi connectivity index (χ2n) is 10.8. The van der Waals surface area contributed by atoms with Gasteiger partial charge >= 0.3 is 0 Å². The zero-order valence-electron chi connectivity index (χ0n) is 22.5. The van der Waals surface area contributed by atoms with Gasteiger partial charge in [-0.15, -0.1) is 0 Å². The van der Waals surface area contributed by atoms with Crippen LogP contribution in [0.3, 0.4) is 0 Å². The molecule has 7 rings (SSSR count). The van der Waals surface area contributed by atoms with Gasteiger partial charge in [0.05, 0.1) is 18.5 Å². The molecule has 2 unspecified atom stereocenters. The second kappa shape index (κ2) is 9.83. The van der Waals surface area contributed by atoms with Gasteiger partial charge in [0, 0.05) is 55.7 Å². The predicted octanol–water partition coefficient (Wildman–Crippen LogP) is 4.72. The number of amides is 1. The minimum atomic E-state index is 0.000633. The van der Waals surface area contributed by atoms with E-state index in [1.165, 1.54) is 5.56 Å². The first kappa shape index (κ1) is 24.6.